The zero-order valence-corrected chi connectivity index (χ0v) is 12.3. The van der Waals surface area contributed by atoms with Crippen LogP contribution in [0.2, 0.25) is 0 Å². The number of hydrogen-bond donors (Lipinski definition) is 1. The minimum atomic E-state index is -0.389. The van der Waals surface area contributed by atoms with Crippen LogP contribution in [0.25, 0.3) is 0 Å². The molecule has 0 aliphatic carbocycles. The Kier molecular flexibility index (Phi) is 4.36. The second-order valence-corrected chi connectivity index (χ2v) is 5.78. The van der Waals surface area contributed by atoms with Crippen molar-refractivity contribution in [2.45, 2.75) is 38.3 Å². The molecule has 1 saturated heterocycles. The predicted octanol–water partition coefficient (Wildman–Crippen LogP) is 2.46. The van der Waals surface area contributed by atoms with Crippen molar-refractivity contribution in [1.29, 1.82) is 0 Å². The lowest BCUT2D eigenvalue weighted by Gasteiger charge is -2.38. The molecule has 1 fully saturated rings. The lowest BCUT2D eigenvalue weighted by atomic mass is 9.97. The van der Waals surface area contributed by atoms with E-state index in [-0.39, 0.29) is 22.7 Å². The molecular weight excluding hydrogens is 312 g/mol. The highest BCUT2D eigenvalue weighted by Crippen LogP contribution is 2.33. The molecule has 1 aromatic rings. The normalized spacial score (nSPS) is 21.2. The first-order chi connectivity index (χ1) is 9.00. The number of rotatable bonds is 3. The Bertz CT molecular complexity index is 481. The summed E-state index contributed by atoms with van der Waals surface area (Å²) in [5.41, 5.74) is 6.03. The van der Waals surface area contributed by atoms with Crippen molar-refractivity contribution in [3.63, 3.8) is 0 Å². The molecule has 0 saturated carbocycles. The van der Waals surface area contributed by atoms with Gasteiger partial charge in [0.2, 0.25) is 5.82 Å². The van der Waals surface area contributed by atoms with E-state index < -0.39 is 0 Å². The second-order valence-electron chi connectivity index (χ2n) is 4.87. The van der Waals surface area contributed by atoms with E-state index in [0.29, 0.717) is 10.3 Å². The van der Waals surface area contributed by atoms with Crippen LogP contribution in [0.3, 0.4) is 0 Å². The highest BCUT2D eigenvalue weighted by atomic mass is 79.9. The molecule has 0 aromatic carbocycles. The van der Waals surface area contributed by atoms with Crippen LogP contribution in [0.5, 0.6) is 0 Å². The van der Waals surface area contributed by atoms with Crippen LogP contribution in [0, 0.1) is 10.1 Å². The molecule has 2 heterocycles. The Morgan fingerprint density at radius 3 is 3.00 bits per heavy atom. The van der Waals surface area contributed by atoms with E-state index in [1.807, 2.05) is 11.8 Å². The summed E-state index contributed by atoms with van der Waals surface area (Å²) in [6.07, 6.45) is 4.66. The first-order valence-corrected chi connectivity index (χ1v) is 7.12. The van der Waals surface area contributed by atoms with Gasteiger partial charge in [-0.25, -0.2) is 4.98 Å². The summed E-state index contributed by atoms with van der Waals surface area (Å²) in [6, 6.07) is 1.57. The number of halogens is 1. The van der Waals surface area contributed by atoms with Crippen LogP contribution in [-0.2, 0) is 0 Å². The molecule has 0 radical (unpaired) electrons. The third kappa shape index (κ3) is 3.03. The fraction of sp³-hybridized carbons (Fsp3) is 0.583. The smallest absolute Gasteiger partial charge is 0.312 e. The molecule has 0 spiro atoms. The molecular formula is C12H17BrN4O2. The molecule has 1 aliphatic rings. The van der Waals surface area contributed by atoms with Crippen molar-refractivity contribution in [3.8, 4) is 0 Å². The Balaban J connectivity index is 2.41. The molecule has 7 heteroatoms. The van der Waals surface area contributed by atoms with Gasteiger partial charge in [-0.05, 0) is 42.1 Å². The van der Waals surface area contributed by atoms with E-state index >= 15 is 0 Å². The van der Waals surface area contributed by atoms with Gasteiger partial charge in [0.1, 0.15) is 0 Å². The zero-order chi connectivity index (χ0) is 14.0. The Labute approximate surface area is 120 Å². The fourth-order valence-electron chi connectivity index (χ4n) is 2.54. The van der Waals surface area contributed by atoms with Crippen molar-refractivity contribution >= 4 is 27.4 Å². The number of anilines is 1. The number of pyridine rings is 1. The van der Waals surface area contributed by atoms with Crippen molar-refractivity contribution in [3.05, 3.63) is 26.9 Å². The fourth-order valence-corrected chi connectivity index (χ4v) is 2.86. The van der Waals surface area contributed by atoms with Gasteiger partial charge in [0.25, 0.3) is 0 Å². The van der Waals surface area contributed by atoms with E-state index in [2.05, 4.69) is 20.9 Å². The molecule has 2 atom stereocenters. The quantitative estimate of drug-likeness (QED) is 0.680. The molecule has 104 valence electrons. The van der Waals surface area contributed by atoms with Crippen LogP contribution in [-0.4, -0.2) is 28.5 Å². The number of piperidine rings is 1. The first kappa shape index (κ1) is 14.2. The van der Waals surface area contributed by atoms with E-state index in [1.54, 1.807) is 6.20 Å². The minimum absolute atomic E-state index is 0.0296. The van der Waals surface area contributed by atoms with E-state index in [4.69, 9.17) is 5.73 Å². The van der Waals surface area contributed by atoms with E-state index in [1.165, 1.54) is 6.07 Å². The molecule has 0 amide bonds. The molecule has 2 rings (SSSR count). The Morgan fingerprint density at radius 1 is 1.63 bits per heavy atom. The maximum atomic E-state index is 11.2. The molecule has 1 aliphatic heterocycles. The van der Waals surface area contributed by atoms with Crippen LogP contribution in [0.15, 0.2) is 16.7 Å². The van der Waals surface area contributed by atoms with Crippen LogP contribution in [0.1, 0.15) is 26.2 Å². The number of nitrogens with zero attached hydrogens (tertiary/aromatic N) is 3. The predicted molar refractivity (Wildman–Crippen MR) is 77.2 cm³/mol. The standard InChI is InChI=1S/C12H17BrN4O2/c1-8(14)10-4-2-3-5-16(10)12-11(17(18)19)6-9(13)7-15-12/h6-8,10H,2-5,14H2,1H3. The number of nitro groups is 1. The molecule has 1 aromatic heterocycles. The molecule has 2 unspecified atom stereocenters. The summed E-state index contributed by atoms with van der Waals surface area (Å²) in [4.78, 5) is 17.0. The maximum absolute atomic E-state index is 11.2. The lowest BCUT2D eigenvalue weighted by molar-refractivity contribution is -0.384. The van der Waals surface area contributed by atoms with Crippen LogP contribution in [0.4, 0.5) is 11.5 Å². The van der Waals surface area contributed by atoms with Crippen LogP contribution >= 0.6 is 15.9 Å². The molecule has 6 nitrogen and oxygen atoms in total. The average molecular weight is 329 g/mol. The monoisotopic (exact) mass is 328 g/mol. The SMILES string of the molecule is CC(N)C1CCCCN1c1ncc(Br)cc1[N+](=O)[O-]. The van der Waals surface area contributed by atoms with Gasteiger partial charge in [-0.1, -0.05) is 0 Å². The van der Waals surface area contributed by atoms with Gasteiger partial charge in [-0.3, -0.25) is 10.1 Å². The van der Waals surface area contributed by atoms with Gasteiger partial charge < -0.3 is 10.6 Å². The first-order valence-electron chi connectivity index (χ1n) is 6.33. The summed E-state index contributed by atoms with van der Waals surface area (Å²) < 4.78 is 0.609. The third-order valence-electron chi connectivity index (χ3n) is 3.44. The third-order valence-corrected chi connectivity index (χ3v) is 3.87. The molecule has 2 N–H and O–H groups in total. The van der Waals surface area contributed by atoms with Gasteiger partial charge in [0.15, 0.2) is 0 Å². The van der Waals surface area contributed by atoms with E-state index in [9.17, 15) is 10.1 Å². The summed E-state index contributed by atoms with van der Waals surface area (Å²) in [5.74, 6) is 0.426. The van der Waals surface area contributed by atoms with Gasteiger partial charge in [-0.15, -0.1) is 0 Å². The summed E-state index contributed by atoms with van der Waals surface area (Å²) in [6.45, 7) is 2.70. The average Bonchev–Trinajstić information content (AvgIpc) is 2.38. The van der Waals surface area contributed by atoms with Gasteiger partial charge >= 0.3 is 5.69 Å². The molecule has 0 bridgehead atoms. The topological polar surface area (TPSA) is 85.3 Å². The maximum Gasteiger partial charge on any atom is 0.312 e. The lowest BCUT2D eigenvalue weighted by Crippen LogP contribution is -2.49. The van der Waals surface area contributed by atoms with E-state index in [0.717, 1.165) is 25.8 Å². The van der Waals surface area contributed by atoms with Gasteiger partial charge in [0, 0.05) is 35.4 Å². The highest BCUT2D eigenvalue weighted by molar-refractivity contribution is 9.10. The van der Waals surface area contributed by atoms with Crippen molar-refractivity contribution in [2.75, 3.05) is 11.4 Å². The number of nitrogens with two attached hydrogens (primary N) is 1. The Morgan fingerprint density at radius 2 is 2.37 bits per heavy atom. The number of aromatic nitrogens is 1. The van der Waals surface area contributed by atoms with Crippen molar-refractivity contribution in [1.82, 2.24) is 4.98 Å². The summed E-state index contributed by atoms with van der Waals surface area (Å²) >= 11 is 3.22. The molecule has 19 heavy (non-hydrogen) atoms. The largest absolute Gasteiger partial charge is 0.346 e. The highest BCUT2D eigenvalue weighted by Gasteiger charge is 2.31. The second kappa shape index (κ2) is 5.83. The van der Waals surface area contributed by atoms with Crippen molar-refractivity contribution in [2.24, 2.45) is 5.73 Å². The minimum Gasteiger partial charge on any atom is -0.346 e. The van der Waals surface area contributed by atoms with Crippen molar-refractivity contribution < 1.29 is 4.92 Å². The van der Waals surface area contributed by atoms with Gasteiger partial charge in [-0.2, -0.15) is 0 Å². The Hall–Kier alpha value is -1.21. The summed E-state index contributed by atoms with van der Waals surface area (Å²) in [7, 11) is 0. The number of hydrogen-bond acceptors (Lipinski definition) is 5. The zero-order valence-electron chi connectivity index (χ0n) is 10.8. The van der Waals surface area contributed by atoms with Crippen LogP contribution < -0.4 is 10.6 Å². The summed E-state index contributed by atoms with van der Waals surface area (Å²) in [5, 5.41) is 11.2. The van der Waals surface area contributed by atoms with Gasteiger partial charge in [0.05, 0.1) is 4.92 Å².